The Labute approximate surface area is 171 Å². The molecule has 2 heterocycles. The first-order chi connectivity index (χ1) is 14.1. The van der Waals surface area contributed by atoms with E-state index in [4.69, 9.17) is 4.74 Å². The number of amides is 2. The summed E-state index contributed by atoms with van der Waals surface area (Å²) in [6.45, 7) is 5.21. The quantitative estimate of drug-likeness (QED) is 0.756. The molecule has 3 aliphatic rings. The molecule has 6 nitrogen and oxygen atoms in total. The lowest BCUT2D eigenvalue weighted by Crippen LogP contribution is -2.52. The standard InChI is InChI=1S/C22H30FN3O3/c23-19-5-3-18(4-6-19)22(28)24-11-20-14-26(21(27)15-29-20)13-17-7-9-25(10-8-17)12-16-1-2-16/h3-6,16-17,20H,1-2,7-15H2,(H,24,28)/t20-/m0/s1. The molecule has 4 rings (SSSR count). The van der Waals surface area contributed by atoms with Gasteiger partial charge in [0.1, 0.15) is 12.4 Å². The number of carbonyl (C=O) groups is 2. The third-order valence-electron chi connectivity index (χ3n) is 6.21. The van der Waals surface area contributed by atoms with Gasteiger partial charge in [-0.15, -0.1) is 0 Å². The first-order valence-electron chi connectivity index (χ1n) is 10.7. The van der Waals surface area contributed by atoms with Crippen LogP contribution in [0.15, 0.2) is 24.3 Å². The van der Waals surface area contributed by atoms with Gasteiger partial charge in [-0.05, 0) is 74.9 Å². The van der Waals surface area contributed by atoms with Crippen molar-refractivity contribution in [3.8, 4) is 0 Å². The molecule has 0 aromatic heterocycles. The van der Waals surface area contributed by atoms with Gasteiger partial charge in [0.15, 0.2) is 0 Å². The number of morpholine rings is 1. The van der Waals surface area contributed by atoms with Crippen molar-refractivity contribution in [2.45, 2.75) is 31.8 Å². The van der Waals surface area contributed by atoms with Gasteiger partial charge >= 0.3 is 0 Å². The van der Waals surface area contributed by atoms with Crippen molar-refractivity contribution in [3.63, 3.8) is 0 Å². The molecule has 2 amide bonds. The predicted molar refractivity (Wildman–Crippen MR) is 107 cm³/mol. The van der Waals surface area contributed by atoms with E-state index in [0.717, 1.165) is 38.4 Å². The van der Waals surface area contributed by atoms with E-state index in [1.807, 2.05) is 4.90 Å². The number of nitrogens with zero attached hydrogens (tertiary/aromatic N) is 2. The fraction of sp³-hybridized carbons (Fsp3) is 0.636. The van der Waals surface area contributed by atoms with E-state index in [2.05, 4.69) is 10.2 Å². The van der Waals surface area contributed by atoms with E-state index < -0.39 is 0 Å². The normalized spacial score (nSPS) is 24.0. The second-order valence-corrected chi connectivity index (χ2v) is 8.64. The lowest BCUT2D eigenvalue weighted by molar-refractivity contribution is -0.149. The number of likely N-dealkylation sites (tertiary alicyclic amines) is 1. The van der Waals surface area contributed by atoms with Crippen LogP contribution in [0.4, 0.5) is 4.39 Å². The highest BCUT2D eigenvalue weighted by molar-refractivity contribution is 5.94. The van der Waals surface area contributed by atoms with Gasteiger partial charge in [0.05, 0.1) is 6.10 Å². The summed E-state index contributed by atoms with van der Waals surface area (Å²) in [6, 6.07) is 5.44. The van der Waals surface area contributed by atoms with Crippen LogP contribution in [0.25, 0.3) is 0 Å². The average molecular weight is 403 g/mol. The molecule has 1 atom stereocenters. The summed E-state index contributed by atoms with van der Waals surface area (Å²) in [7, 11) is 0. The monoisotopic (exact) mass is 403 g/mol. The van der Waals surface area contributed by atoms with E-state index in [0.29, 0.717) is 24.6 Å². The van der Waals surface area contributed by atoms with Gasteiger partial charge in [-0.3, -0.25) is 9.59 Å². The van der Waals surface area contributed by atoms with Crippen molar-refractivity contribution in [1.29, 1.82) is 0 Å². The predicted octanol–water partition coefficient (Wildman–Crippen LogP) is 1.90. The zero-order chi connectivity index (χ0) is 20.2. The smallest absolute Gasteiger partial charge is 0.251 e. The van der Waals surface area contributed by atoms with Gasteiger partial charge in [-0.2, -0.15) is 0 Å². The topological polar surface area (TPSA) is 61.9 Å². The van der Waals surface area contributed by atoms with Crippen LogP contribution in [0.3, 0.4) is 0 Å². The first-order valence-corrected chi connectivity index (χ1v) is 10.7. The third kappa shape index (κ3) is 5.76. The molecule has 1 aliphatic carbocycles. The maximum absolute atomic E-state index is 13.0. The summed E-state index contributed by atoms with van der Waals surface area (Å²) in [5.41, 5.74) is 0.410. The second-order valence-electron chi connectivity index (χ2n) is 8.64. The molecule has 29 heavy (non-hydrogen) atoms. The van der Waals surface area contributed by atoms with Gasteiger partial charge < -0.3 is 19.9 Å². The Morgan fingerprint density at radius 1 is 1.07 bits per heavy atom. The maximum Gasteiger partial charge on any atom is 0.251 e. The molecular formula is C22H30FN3O3. The van der Waals surface area contributed by atoms with Gasteiger partial charge in [0, 0.05) is 31.7 Å². The van der Waals surface area contributed by atoms with Gasteiger partial charge in [0.25, 0.3) is 5.91 Å². The summed E-state index contributed by atoms with van der Waals surface area (Å²) in [5, 5.41) is 2.83. The number of ether oxygens (including phenoxy) is 1. The Morgan fingerprint density at radius 3 is 2.45 bits per heavy atom. The van der Waals surface area contributed by atoms with Crippen LogP contribution in [0.1, 0.15) is 36.0 Å². The van der Waals surface area contributed by atoms with Crippen molar-refractivity contribution in [1.82, 2.24) is 15.1 Å². The highest BCUT2D eigenvalue weighted by atomic mass is 19.1. The number of piperidine rings is 1. The maximum atomic E-state index is 13.0. The van der Waals surface area contributed by atoms with E-state index in [1.54, 1.807) is 0 Å². The van der Waals surface area contributed by atoms with Crippen LogP contribution in [0.5, 0.6) is 0 Å². The molecule has 0 bridgehead atoms. The lowest BCUT2D eigenvalue weighted by atomic mass is 9.95. The van der Waals surface area contributed by atoms with Crippen LogP contribution < -0.4 is 5.32 Å². The van der Waals surface area contributed by atoms with Crippen molar-refractivity contribution in [2.75, 3.05) is 45.9 Å². The summed E-state index contributed by atoms with van der Waals surface area (Å²) in [6.07, 6.45) is 4.85. The number of carbonyl (C=O) groups excluding carboxylic acids is 2. The van der Waals surface area contributed by atoms with Crippen molar-refractivity contribution in [3.05, 3.63) is 35.6 Å². The van der Waals surface area contributed by atoms with Crippen LogP contribution >= 0.6 is 0 Å². The minimum atomic E-state index is -0.371. The van der Waals surface area contributed by atoms with Crippen molar-refractivity contribution >= 4 is 11.8 Å². The van der Waals surface area contributed by atoms with E-state index in [1.165, 1.54) is 43.7 Å². The van der Waals surface area contributed by atoms with Gasteiger partial charge in [-0.1, -0.05) is 0 Å². The molecular weight excluding hydrogens is 373 g/mol. The Hall–Kier alpha value is -1.99. The molecule has 1 N–H and O–H groups in total. The third-order valence-corrected chi connectivity index (χ3v) is 6.21. The van der Waals surface area contributed by atoms with Crippen molar-refractivity contribution < 1.29 is 18.7 Å². The molecule has 2 saturated heterocycles. The summed E-state index contributed by atoms with van der Waals surface area (Å²) in [5.74, 6) is 0.872. The molecule has 7 heteroatoms. The second kappa shape index (κ2) is 9.22. The van der Waals surface area contributed by atoms with Crippen LogP contribution in [-0.4, -0.2) is 73.6 Å². The fourth-order valence-corrected chi connectivity index (χ4v) is 4.22. The molecule has 2 aliphatic heterocycles. The highest BCUT2D eigenvalue weighted by Gasteiger charge is 2.31. The molecule has 0 radical (unpaired) electrons. The minimum Gasteiger partial charge on any atom is -0.365 e. The summed E-state index contributed by atoms with van der Waals surface area (Å²) in [4.78, 5) is 29.0. The highest BCUT2D eigenvalue weighted by Crippen LogP contribution is 2.31. The van der Waals surface area contributed by atoms with Crippen LogP contribution in [-0.2, 0) is 9.53 Å². The molecule has 158 valence electrons. The van der Waals surface area contributed by atoms with E-state index >= 15 is 0 Å². The van der Waals surface area contributed by atoms with E-state index in [-0.39, 0.29) is 30.3 Å². The molecule has 0 unspecified atom stereocenters. The SMILES string of the molecule is O=C(NC[C@H]1CN(CC2CCN(CC3CC3)CC2)C(=O)CO1)c1ccc(F)cc1. The molecule has 1 aromatic rings. The summed E-state index contributed by atoms with van der Waals surface area (Å²) >= 11 is 0. The Balaban J connectivity index is 1.21. The molecule has 1 aromatic carbocycles. The Bertz CT molecular complexity index is 715. The molecule has 1 saturated carbocycles. The fourth-order valence-electron chi connectivity index (χ4n) is 4.22. The lowest BCUT2D eigenvalue weighted by Gasteiger charge is -2.38. The Morgan fingerprint density at radius 2 is 1.76 bits per heavy atom. The van der Waals surface area contributed by atoms with Crippen LogP contribution in [0, 0.1) is 17.7 Å². The number of rotatable bonds is 7. The number of hydrogen-bond acceptors (Lipinski definition) is 4. The molecule has 0 spiro atoms. The van der Waals surface area contributed by atoms with Gasteiger partial charge in [-0.25, -0.2) is 4.39 Å². The number of hydrogen-bond donors (Lipinski definition) is 1. The number of benzene rings is 1. The zero-order valence-electron chi connectivity index (χ0n) is 16.8. The Kier molecular flexibility index (Phi) is 6.45. The van der Waals surface area contributed by atoms with E-state index in [9.17, 15) is 14.0 Å². The first kappa shape index (κ1) is 20.3. The number of halogens is 1. The van der Waals surface area contributed by atoms with Gasteiger partial charge in [0.2, 0.25) is 5.91 Å². The average Bonchev–Trinajstić information content (AvgIpc) is 3.54. The van der Waals surface area contributed by atoms with Crippen molar-refractivity contribution in [2.24, 2.45) is 11.8 Å². The summed E-state index contributed by atoms with van der Waals surface area (Å²) < 4.78 is 18.6. The van der Waals surface area contributed by atoms with Crippen LogP contribution in [0.2, 0.25) is 0 Å². The minimum absolute atomic E-state index is 0.0338. The number of nitrogens with one attached hydrogen (secondary N) is 1. The largest absolute Gasteiger partial charge is 0.365 e. The molecule has 3 fully saturated rings. The zero-order valence-corrected chi connectivity index (χ0v) is 16.8.